The topological polar surface area (TPSA) is 111 Å². The Balaban J connectivity index is 0.00000304. The molecule has 3 aromatic rings. The SMILES string of the molecule is O=C(N[C@H]1CCCC[C@H]1NC(=O)c1ccc2c(Cl)c[nH]c2c1)c1ccc(N2CCCS2(=O)=O)cc1.S. The first kappa shape index (κ1) is 26.4. The number of rotatable bonds is 5. The van der Waals surface area contributed by atoms with Gasteiger partial charge >= 0.3 is 0 Å². The molecule has 2 amide bonds. The predicted molar refractivity (Wildman–Crippen MR) is 147 cm³/mol. The number of nitrogens with one attached hydrogen (secondary N) is 3. The van der Waals surface area contributed by atoms with Crippen molar-refractivity contribution < 1.29 is 18.0 Å². The molecule has 2 fully saturated rings. The summed E-state index contributed by atoms with van der Waals surface area (Å²) in [4.78, 5) is 29.0. The number of hydrogen-bond donors (Lipinski definition) is 3. The highest BCUT2D eigenvalue weighted by Crippen LogP contribution is 2.26. The van der Waals surface area contributed by atoms with Crippen LogP contribution >= 0.6 is 25.1 Å². The van der Waals surface area contributed by atoms with Gasteiger partial charge in [-0.1, -0.05) is 30.5 Å². The van der Waals surface area contributed by atoms with Crippen LogP contribution in [0.25, 0.3) is 10.9 Å². The minimum atomic E-state index is -3.26. The van der Waals surface area contributed by atoms with Gasteiger partial charge in [0.05, 0.1) is 16.5 Å². The van der Waals surface area contributed by atoms with Crippen LogP contribution in [0.3, 0.4) is 0 Å². The van der Waals surface area contributed by atoms with Crippen LogP contribution in [0.15, 0.2) is 48.7 Å². The minimum Gasteiger partial charge on any atom is -0.360 e. The molecule has 1 aliphatic heterocycles. The monoisotopic (exact) mass is 548 g/mol. The summed E-state index contributed by atoms with van der Waals surface area (Å²) in [5, 5.41) is 7.64. The van der Waals surface area contributed by atoms with Crippen molar-refractivity contribution in [1.82, 2.24) is 15.6 Å². The molecule has 0 radical (unpaired) electrons. The standard InChI is InChI=1S/C25H27ClN4O4S.H2S/c26-20-15-27-23-14-17(8-11-19(20)23)25(32)29-22-5-2-1-4-21(22)28-24(31)16-6-9-18(10-7-16)30-12-3-13-35(30,33)34;/h6-11,14-15,21-22,27H,1-5,12-13H2,(H,28,31)(H,29,32);1H2/t21-,22+;/m0./s1. The second-order valence-corrected chi connectivity index (χ2v) is 11.5. The highest BCUT2D eigenvalue weighted by Gasteiger charge is 2.30. The fourth-order valence-corrected chi connectivity index (χ4v) is 6.70. The summed E-state index contributed by atoms with van der Waals surface area (Å²) in [6.07, 6.45) is 5.78. The molecule has 2 aliphatic rings. The van der Waals surface area contributed by atoms with Gasteiger partial charge in [0.25, 0.3) is 11.8 Å². The predicted octanol–water partition coefficient (Wildman–Crippen LogP) is 3.95. The van der Waals surface area contributed by atoms with Crippen molar-refractivity contribution in [3.8, 4) is 0 Å². The molecule has 0 unspecified atom stereocenters. The van der Waals surface area contributed by atoms with Gasteiger partial charge in [0, 0.05) is 46.9 Å². The minimum absolute atomic E-state index is 0. The molecule has 36 heavy (non-hydrogen) atoms. The number of halogens is 1. The number of sulfonamides is 1. The third-order valence-electron chi connectivity index (χ3n) is 6.81. The highest BCUT2D eigenvalue weighted by molar-refractivity contribution is 7.93. The van der Waals surface area contributed by atoms with Gasteiger partial charge in [-0.15, -0.1) is 0 Å². The lowest BCUT2D eigenvalue weighted by Gasteiger charge is -2.33. The van der Waals surface area contributed by atoms with Crippen molar-refractivity contribution in [2.45, 2.75) is 44.2 Å². The molecule has 2 heterocycles. The molecule has 11 heteroatoms. The first-order valence-electron chi connectivity index (χ1n) is 11.8. The van der Waals surface area contributed by atoms with E-state index in [1.54, 1.807) is 42.6 Å². The van der Waals surface area contributed by atoms with Crippen LogP contribution in [0.5, 0.6) is 0 Å². The van der Waals surface area contributed by atoms with Gasteiger partial charge in [-0.3, -0.25) is 13.9 Å². The largest absolute Gasteiger partial charge is 0.360 e. The molecule has 2 aromatic carbocycles. The van der Waals surface area contributed by atoms with Gasteiger partial charge in [-0.2, -0.15) is 13.5 Å². The zero-order valence-electron chi connectivity index (χ0n) is 19.6. The van der Waals surface area contributed by atoms with E-state index in [9.17, 15) is 18.0 Å². The number of H-pyrrole nitrogens is 1. The van der Waals surface area contributed by atoms with Crippen LogP contribution in [0, 0.1) is 0 Å². The van der Waals surface area contributed by atoms with Crippen molar-refractivity contribution in [3.05, 3.63) is 64.8 Å². The molecule has 5 rings (SSSR count). The number of nitrogens with zero attached hydrogens (tertiary/aromatic N) is 1. The summed E-state index contributed by atoms with van der Waals surface area (Å²) in [5.74, 6) is -0.286. The fraction of sp³-hybridized carbons (Fsp3) is 0.360. The molecule has 1 saturated carbocycles. The number of aromatic amines is 1. The van der Waals surface area contributed by atoms with E-state index in [4.69, 9.17) is 11.6 Å². The number of amides is 2. The quantitative estimate of drug-likeness (QED) is 0.448. The molecule has 0 spiro atoms. The summed E-state index contributed by atoms with van der Waals surface area (Å²) in [6, 6.07) is 11.6. The Morgan fingerprint density at radius 3 is 2.14 bits per heavy atom. The molecule has 1 aromatic heterocycles. The lowest BCUT2D eigenvalue weighted by Crippen LogP contribution is -2.53. The van der Waals surface area contributed by atoms with Gasteiger partial charge in [0.15, 0.2) is 0 Å². The van der Waals surface area contributed by atoms with Crippen molar-refractivity contribution in [1.29, 1.82) is 0 Å². The lowest BCUT2D eigenvalue weighted by molar-refractivity contribution is 0.0863. The summed E-state index contributed by atoms with van der Waals surface area (Å²) in [5.41, 5.74) is 2.35. The van der Waals surface area contributed by atoms with E-state index in [2.05, 4.69) is 15.6 Å². The Morgan fingerprint density at radius 2 is 1.53 bits per heavy atom. The molecular formula is C25H29ClN4O4S2. The molecule has 3 N–H and O–H groups in total. The van der Waals surface area contributed by atoms with Gasteiger partial charge in [0.2, 0.25) is 10.0 Å². The number of aromatic nitrogens is 1. The Kier molecular flexibility index (Phi) is 7.87. The Labute approximate surface area is 222 Å². The van der Waals surface area contributed by atoms with E-state index in [-0.39, 0.29) is 43.1 Å². The summed E-state index contributed by atoms with van der Waals surface area (Å²) in [6.45, 7) is 0.459. The third kappa shape index (κ3) is 5.35. The smallest absolute Gasteiger partial charge is 0.251 e. The van der Waals surface area contributed by atoms with Crippen LogP contribution in [-0.2, 0) is 10.0 Å². The fourth-order valence-electron chi connectivity index (χ4n) is 4.92. The molecule has 8 nitrogen and oxygen atoms in total. The molecular weight excluding hydrogens is 520 g/mol. The van der Waals surface area contributed by atoms with E-state index >= 15 is 0 Å². The lowest BCUT2D eigenvalue weighted by atomic mass is 9.89. The van der Waals surface area contributed by atoms with E-state index in [1.807, 2.05) is 6.07 Å². The summed E-state index contributed by atoms with van der Waals surface area (Å²) >= 11 is 6.13. The second-order valence-electron chi connectivity index (χ2n) is 9.13. The summed E-state index contributed by atoms with van der Waals surface area (Å²) in [7, 11) is -3.26. The van der Waals surface area contributed by atoms with Crippen molar-refractivity contribution >= 4 is 63.5 Å². The number of carbonyl (C=O) groups is 2. The van der Waals surface area contributed by atoms with E-state index in [1.165, 1.54) is 4.31 Å². The summed E-state index contributed by atoms with van der Waals surface area (Å²) < 4.78 is 25.7. The maximum atomic E-state index is 13.0. The van der Waals surface area contributed by atoms with E-state index in [0.717, 1.165) is 36.6 Å². The van der Waals surface area contributed by atoms with Crippen LogP contribution in [0.4, 0.5) is 5.69 Å². The molecule has 0 bridgehead atoms. The van der Waals surface area contributed by atoms with Crippen LogP contribution < -0.4 is 14.9 Å². The van der Waals surface area contributed by atoms with Crippen LogP contribution in [0.1, 0.15) is 52.8 Å². The Hall–Kier alpha value is -2.69. The first-order chi connectivity index (χ1) is 16.8. The third-order valence-corrected chi connectivity index (χ3v) is 8.99. The molecule has 2 atom stereocenters. The zero-order chi connectivity index (χ0) is 24.6. The van der Waals surface area contributed by atoms with Gasteiger partial charge in [-0.05, 0) is 55.7 Å². The van der Waals surface area contributed by atoms with Gasteiger partial charge in [-0.25, -0.2) is 8.42 Å². The first-order valence-corrected chi connectivity index (χ1v) is 13.8. The van der Waals surface area contributed by atoms with Crippen LogP contribution in [0.2, 0.25) is 5.02 Å². The number of anilines is 1. The number of benzene rings is 2. The maximum Gasteiger partial charge on any atom is 0.251 e. The maximum absolute atomic E-state index is 13.0. The van der Waals surface area contributed by atoms with Gasteiger partial charge < -0.3 is 15.6 Å². The number of fused-ring (bicyclic) bond motifs is 1. The number of carbonyl (C=O) groups excluding carboxylic acids is 2. The number of hydrogen-bond acceptors (Lipinski definition) is 4. The van der Waals surface area contributed by atoms with Crippen molar-refractivity contribution in [2.75, 3.05) is 16.6 Å². The van der Waals surface area contributed by atoms with Crippen molar-refractivity contribution in [2.24, 2.45) is 0 Å². The molecule has 1 aliphatic carbocycles. The average molecular weight is 549 g/mol. The van der Waals surface area contributed by atoms with Crippen molar-refractivity contribution in [3.63, 3.8) is 0 Å². The highest BCUT2D eigenvalue weighted by atomic mass is 35.5. The van der Waals surface area contributed by atoms with Crippen LogP contribution in [-0.4, -0.2) is 49.6 Å². The average Bonchev–Trinajstić information content (AvgIpc) is 3.41. The molecule has 192 valence electrons. The second kappa shape index (κ2) is 10.7. The Bertz CT molecular complexity index is 1370. The Morgan fingerprint density at radius 1 is 0.917 bits per heavy atom. The van der Waals surface area contributed by atoms with E-state index < -0.39 is 10.0 Å². The normalized spacial score (nSPS) is 21.1. The zero-order valence-corrected chi connectivity index (χ0v) is 22.2. The van der Waals surface area contributed by atoms with Gasteiger partial charge in [0.1, 0.15) is 0 Å². The molecule has 1 saturated heterocycles. The van der Waals surface area contributed by atoms with E-state index in [0.29, 0.717) is 34.8 Å².